The first-order valence-corrected chi connectivity index (χ1v) is 9.54. The summed E-state index contributed by atoms with van der Waals surface area (Å²) < 4.78 is 7.09. The van der Waals surface area contributed by atoms with Gasteiger partial charge in [-0.1, -0.05) is 25.5 Å². The summed E-state index contributed by atoms with van der Waals surface area (Å²) in [7, 11) is 1.66. The molecular formula is C19H28N6O2. The molecule has 1 aliphatic rings. The van der Waals surface area contributed by atoms with E-state index in [-0.39, 0.29) is 17.9 Å². The molecule has 0 spiro atoms. The fourth-order valence-electron chi connectivity index (χ4n) is 3.71. The molecule has 146 valence electrons. The summed E-state index contributed by atoms with van der Waals surface area (Å²) in [5.74, 6) is 1.51. The van der Waals surface area contributed by atoms with Gasteiger partial charge in [-0.15, -0.1) is 5.10 Å². The first-order chi connectivity index (χ1) is 13.1. The smallest absolute Gasteiger partial charge is 0.220 e. The SMILES string of the molecule is CCC[C@H](c1nnnn1Cc1ccc(OC)cc1)N1CCC(C(N)=O)CC1. The van der Waals surface area contributed by atoms with Crippen LogP contribution in [0.5, 0.6) is 5.75 Å². The zero-order chi connectivity index (χ0) is 19.2. The van der Waals surface area contributed by atoms with E-state index in [1.165, 1.54) is 0 Å². The maximum absolute atomic E-state index is 11.4. The summed E-state index contributed by atoms with van der Waals surface area (Å²) >= 11 is 0. The molecular weight excluding hydrogens is 344 g/mol. The highest BCUT2D eigenvalue weighted by Crippen LogP contribution is 2.29. The Hall–Kier alpha value is -2.48. The van der Waals surface area contributed by atoms with Gasteiger partial charge in [0.2, 0.25) is 5.91 Å². The lowest BCUT2D eigenvalue weighted by molar-refractivity contribution is -0.123. The van der Waals surface area contributed by atoms with Crippen molar-refractivity contribution in [2.24, 2.45) is 11.7 Å². The Kier molecular flexibility index (Phi) is 6.39. The number of primary amides is 1. The highest BCUT2D eigenvalue weighted by atomic mass is 16.5. The van der Waals surface area contributed by atoms with Crippen molar-refractivity contribution in [2.45, 2.75) is 45.2 Å². The molecule has 0 aliphatic carbocycles. The fraction of sp³-hybridized carbons (Fsp3) is 0.579. The molecule has 1 saturated heterocycles. The molecule has 27 heavy (non-hydrogen) atoms. The second kappa shape index (κ2) is 8.94. The van der Waals surface area contributed by atoms with E-state index in [0.717, 1.165) is 55.9 Å². The zero-order valence-corrected chi connectivity index (χ0v) is 16.0. The Bertz CT molecular complexity index is 737. The van der Waals surface area contributed by atoms with E-state index in [2.05, 4.69) is 27.3 Å². The number of carbonyl (C=O) groups is 1. The number of rotatable bonds is 8. The van der Waals surface area contributed by atoms with Gasteiger partial charge < -0.3 is 10.5 Å². The Labute approximate surface area is 159 Å². The predicted molar refractivity (Wildman–Crippen MR) is 101 cm³/mol. The minimum absolute atomic E-state index is 0.0150. The number of benzene rings is 1. The van der Waals surface area contributed by atoms with Crippen molar-refractivity contribution in [2.75, 3.05) is 20.2 Å². The lowest BCUT2D eigenvalue weighted by Crippen LogP contribution is -2.41. The van der Waals surface area contributed by atoms with E-state index in [9.17, 15) is 4.79 Å². The average molecular weight is 372 g/mol. The van der Waals surface area contributed by atoms with Gasteiger partial charge in [0.05, 0.1) is 19.7 Å². The van der Waals surface area contributed by atoms with Crippen LogP contribution in [0.3, 0.4) is 0 Å². The van der Waals surface area contributed by atoms with Crippen molar-refractivity contribution in [3.8, 4) is 5.75 Å². The van der Waals surface area contributed by atoms with Gasteiger partial charge in [-0.3, -0.25) is 9.69 Å². The monoisotopic (exact) mass is 372 g/mol. The van der Waals surface area contributed by atoms with Gasteiger partial charge in [-0.25, -0.2) is 4.68 Å². The van der Waals surface area contributed by atoms with Crippen LogP contribution in [0.1, 0.15) is 50.0 Å². The lowest BCUT2D eigenvalue weighted by atomic mass is 9.94. The third-order valence-corrected chi connectivity index (χ3v) is 5.28. The van der Waals surface area contributed by atoms with Crippen LogP contribution in [0.15, 0.2) is 24.3 Å². The molecule has 8 heteroatoms. The highest BCUT2D eigenvalue weighted by molar-refractivity contribution is 5.76. The Morgan fingerprint density at radius 3 is 2.59 bits per heavy atom. The summed E-state index contributed by atoms with van der Waals surface area (Å²) in [5.41, 5.74) is 6.59. The van der Waals surface area contributed by atoms with Crippen molar-refractivity contribution < 1.29 is 9.53 Å². The van der Waals surface area contributed by atoms with Crippen LogP contribution in [0.2, 0.25) is 0 Å². The Balaban J connectivity index is 1.74. The van der Waals surface area contributed by atoms with Crippen LogP contribution < -0.4 is 10.5 Å². The molecule has 1 aliphatic heterocycles. The number of tetrazole rings is 1. The summed E-state index contributed by atoms with van der Waals surface area (Å²) in [5, 5.41) is 12.5. The van der Waals surface area contributed by atoms with Gasteiger partial charge in [-0.2, -0.15) is 0 Å². The summed E-state index contributed by atoms with van der Waals surface area (Å²) in [6.07, 6.45) is 3.62. The maximum Gasteiger partial charge on any atom is 0.220 e. The number of ether oxygens (including phenoxy) is 1. The molecule has 0 saturated carbocycles. The molecule has 8 nitrogen and oxygen atoms in total. The Morgan fingerprint density at radius 2 is 2.00 bits per heavy atom. The van der Waals surface area contributed by atoms with E-state index in [0.29, 0.717) is 6.54 Å². The number of aromatic nitrogens is 4. The summed E-state index contributed by atoms with van der Waals surface area (Å²) in [6.45, 7) is 4.46. The van der Waals surface area contributed by atoms with Crippen LogP contribution in [0.4, 0.5) is 0 Å². The molecule has 2 heterocycles. The van der Waals surface area contributed by atoms with Crippen molar-refractivity contribution in [3.05, 3.63) is 35.7 Å². The quantitative estimate of drug-likeness (QED) is 0.758. The van der Waals surface area contributed by atoms with Crippen molar-refractivity contribution in [1.82, 2.24) is 25.1 Å². The number of likely N-dealkylation sites (tertiary alicyclic amines) is 1. The summed E-state index contributed by atoms with van der Waals surface area (Å²) in [4.78, 5) is 13.8. The highest BCUT2D eigenvalue weighted by Gasteiger charge is 2.30. The standard InChI is InChI=1S/C19H28N6O2/c1-3-4-17(24-11-9-15(10-12-24)18(20)26)19-21-22-23-25(19)13-14-5-7-16(27-2)8-6-14/h5-8,15,17H,3-4,9-13H2,1-2H3,(H2,20,26)/t17-/m1/s1. The summed E-state index contributed by atoms with van der Waals surface area (Å²) in [6, 6.07) is 8.08. The molecule has 2 aromatic rings. The molecule has 1 amide bonds. The second-order valence-electron chi connectivity index (χ2n) is 7.06. The minimum Gasteiger partial charge on any atom is -0.497 e. The number of methoxy groups -OCH3 is 1. The van der Waals surface area contributed by atoms with Crippen molar-refractivity contribution in [3.63, 3.8) is 0 Å². The van der Waals surface area contributed by atoms with Crippen molar-refractivity contribution >= 4 is 5.91 Å². The zero-order valence-electron chi connectivity index (χ0n) is 16.0. The minimum atomic E-state index is -0.189. The average Bonchev–Trinajstić information content (AvgIpc) is 3.14. The molecule has 0 unspecified atom stereocenters. The van der Waals surface area contributed by atoms with Crippen LogP contribution in [0.25, 0.3) is 0 Å². The van der Waals surface area contributed by atoms with Gasteiger partial charge in [0.15, 0.2) is 5.82 Å². The van der Waals surface area contributed by atoms with E-state index < -0.39 is 0 Å². The van der Waals surface area contributed by atoms with E-state index in [1.54, 1.807) is 7.11 Å². The third-order valence-electron chi connectivity index (χ3n) is 5.28. The first-order valence-electron chi connectivity index (χ1n) is 9.54. The second-order valence-corrected chi connectivity index (χ2v) is 7.06. The number of piperidine rings is 1. The number of hydrogen-bond donors (Lipinski definition) is 1. The largest absolute Gasteiger partial charge is 0.497 e. The number of nitrogens with two attached hydrogens (primary N) is 1. The maximum atomic E-state index is 11.4. The first kappa shape index (κ1) is 19.3. The molecule has 1 fully saturated rings. The Morgan fingerprint density at radius 1 is 1.30 bits per heavy atom. The van der Waals surface area contributed by atoms with Crippen LogP contribution >= 0.6 is 0 Å². The van der Waals surface area contributed by atoms with E-state index in [4.69, 9.17) is 10.5 Å². The van der Waals surface area contributed by atoms with Crippen LogP contribution in [-0.2, 0) is 11.3 Å². The lowest BCUT2D eigenvalue weighted by Gasteiger charge is -2.36. The van der Waals surface area contributed by atoms with Gasteiger partial charge in [-0.05, 0) is 60.5 Å². The fourth-order valence-corrected chi connectivity index (χ4v) is 3.71. The van der Waals surface area contributed by atoms with Crippen LogP contribution in [0, 0.1) is 5.92 Å². The topological polar surface area (TPSA) is 99.2 Å². The number of nitrogens with zero attached hydrogens (tertiary/aromatic N) is 5. The van der Waals surface area contributed by atoms with E-state index in [1.807, 2.05) is 28.9 Å². The van der Waals surface area contributed by atoms with E-state index >= 15 is 0 Å². The predicted octanol–water partition coefficient (Wildman–Crippen LogP) is 1.77. The molecule has 3 rings (SSSR count). The van der Waals surface area contributed by atoms with Crippen molar-refractivity contribution in [1.29, 1.82) is 0 Å². The van der Waals surface area contributed by atoms with Gasteiger partial charge >= 0.3 is 0 Å². The van der Waals surface area contributed by atoms with Gasteiger partial charge in [0.1, 0.15) is 5.75 Å². The number of carbonyl (C=O) groups excluding carboxylic acids is 1. The van der Waals surface area contributed by atoms with Gasteiger partial charge in [0, 0.05) is 5.92 Å². The number of hydrogen-bond acceptors (Lipinski definition) is 6. The molecule has 0 bridgehead atoms. The molecule has 0 radical (unpaired) electrons. The molecule has 1 aromatic heterocycles. The number of amides is 1. The molecule has 1 atom stereocenters. The molecule has 1 aromatic carbocycles. The molecule has 2 N–H and O–H groups in total. The van der Waals surface area contributed by atoms with Crippen LogP contribution in [-0.4, -0.2) is 51.2 Å². The third kappa shape index (κ3) is 4.63. The van der Waals surface area contributed by atoms with Gasteiger partial charge in [0.25, 0.3) is 0 Å². The normalized spacial score (nSPS) is 17.0.